The number of ether oxygens (including phenoxy) is 1. The van der Waals surface area contributed by atoms with Gasteiger partial charge in [-0.2, -0.15) is 5.10 Å². The van der Waals surface area contributed by atoms with E-state index in [0.717, 1.165) is 17.5 Å². The highest BCUT2D eigenvalue weighted by molar-refractivity contribution is 9.10. The Kier molecular flexibility index (Phi) is 3.99. The van der Waals surface area contributed by atoms with Gasteiger partial charge in [-0.25, -0.2) is 0 Å². The summed E-state index contributed by atoms with van der Waals surface area (Å²) in [5.74, 6) is 0.517. The molecule has 1 aromatic rings. The van der Waals surface area contributed by atoms with Crippen LogP contribution in [0.2, 0.25) is 0 Å². The van der Waals surface area contributed by atoms with Gasteiger partial charge in [0, 0.05) is 25.7 Å². The summed E-state index contributed by atoms with van der Waals surface area (Å²) in [6, 6.07) is 0.195. The molecule has 2 rings (SSSR count). The first kappa shape index (κ1) is 12.8. The second-order valence-corrected chi connectivity index (χ2v) is 5.59. The number of halogens is 1. The van der Waals surface area contributed by atoms with E-state index in [4.69, 9.17) is 4.74 Å². The average Bonchev–Trinajstić information content (AvgIpc) is 2.86. The van der Waals surface area contributed by atoms with Crippen LogP contribution in [0.15, 0.2) is 10.7 Å². The molecule has 1 fully saturated rings. The van der Waals surface area contributed by atoms with Crippen molar-refractivity contribution in [2.75, 3.05) is 13.2 Å². The van der Waals surface area contributed by atoms with Crippen molar-refractivity contribution in [3.63, 3.8) is 0 Å². The lowest BCUT2D eigenvalue weighted by molar-refractivity contribution is 0.0939. The Balaban J connectivity index is 2.14. The zero-order chi connectivity index (χ0) is 12.4. The second kappa shape index (κ2) is 5.31. The third kappa shape index (κ3) is 2.77. The fourth-order valence-corrected chi connectivity index (χ4v) is 2.59. The molecule has 0 saturated carbocycles. The first-order valence-corrected chi connectivity index (χ1v) is 6.73. The third-order valence-electron chi connectivity index (χ3n) is 3.00. The van der Waals surface area contributed by atoms with Gasteiger partial charge < -0.3 is 4.74 Å². The number of hydrogen-bond acceptors (Lipinski definition) is 3. The quantitative estimate of drug-likeness (QED) is 0.803. The van der Waals surface area contributed by atoms with Crippen molar-refractivity contribution < 1.29 is 9.53 Å². The SMILES string of the molecule is CC(C)n1ncc(Br)c1C(=O)CC1CCOC1. The highest BCUT2D eigenvalue weighted by Gasteiger charge is 2.24. The molecule has 1 aliphatic rings. The molecule has 0 bridgehead atoms. The van der Waals surface area contributed by atoms with Gasteiger partial charge in [-0.05, 0) is 42.1 Å². The van der Waals surface area contributed by atoms with Crippen molar-refractivity contribution in [2.24, 2.45) is 5.92 Å². The van der Waals surface area contributed by atoms with Crippen LogP contribution >= 0.6 is 15.9 Å². The standard InChI is InChI=1S/C12H17BrN2O2/c1-8(2)15-12(10(13)6-14-15)11(16)5-9-3-4-17-7-9/h6,8-9H,3-5,7H2,1-2H3. The van der Waals surface area contributed by atoms with Crippen molar-refractivity contribution in [2.45, 2.75) is 32.7 Å². The predicted octanol–water partition coefficient (Wildman–Crippen LogP) is 2.84. The zero-order valence-corrected chi connectivity index (χ0v) is 11.7. The molecule has 0 aromatic carbocycles. The zero-order valence-electron chi connectivity index (χ0n) is 10.1. The van der Waals surface area contributed by atoms with Gasteiger partial charge in [-0.3, -0.25) is 9.48 Å². The average molecular weight is 301 g/mol. The van der Waals surface area contributed by atoms with Gasteiger partial charge in [0.2, 0.25) is 0 Å². The normalized spacial score (nSPS) is 20.1. The van der Waals surface area contributed by atoms with E-state index in [9.17, 15) is 4.79 Å². The van der Waals surface area contributed by atoms with Gasteiger partial charge in [0.15, 0.2) is 5.78 Å². The molecule has 0 N–H and O–H groups in total. The number of aromatic nitrogens is 2. The van der Waals surface area contributed by atoms with Crippen LogP contribution in [0.5, 0.6) is 0 Å². The Morgan fingerprint density at radius 3 is 3.06 bits per heavy atom. The van der Waals surface area contributed by atoms with E-state index in [0.29, 0.717) is 24.6 Å². The van der Waals surface area contributed by atoms with E-state index in [1.54, 1.807) is 10.9 Å². The van der Waals surface area contributed by atoms with Crippen LogP contribution in [0.3, 0.4) is 0 Å². The van der Waals surface area contributed by atoms with Gasteiger partial charge in [0.05, 0.1) is 10.7 Å². The molecule has 0 spiro atoms. The van der Waals surface area contributed by atoms with Crippen molar-refractivity contribution >= 4 is 21.7 Å². The van der Waals surface area contributed by atoms with Crippen LogP contribution < -0.4 is 0 Å². The summed E-state index contributed by atoms with van der Waals surface area (Å²) >= 11 is 3.40. The summed E-state index contributed by atoms with van der Waals surface area (Å²) in [6.07, 6.45) is 3.23. The fraction of sp³-hybridized carbons (Fsp3) is 0.667. The third-order valence-corrected chi connectivity index (χ3v) is 3.58. The monoisotopic (exact) mass is 300 g/mol. The Hall–Kier alpha value is -0.680. The van der Waals surface area contributed by atoms with Crippen molar-refractivity contribution in [3.8, 4) is 0 Å². The van der Waals surface area contributed by atoms with Crippen LogP contribution in [0, 0.1) is 5.92 Å². The number of nitrogens with zero attached hydrogens (tertiary/aromatic N) is 2. The minimum atomic E-state index is 0.151. The molecule has 0 aliphatic carbocycles. The Morgan fingerprint density at radius 1 is 1.71 bits per heavy atom. The van der Waals surface area contributed by atoms with Gasteiger partial charge in [0.1, 0.15) is 5.69 Å². The fourth-order valence-electron chi connectivity index (χ4n) is 2.10. The van der Waals surface area contributed by atoms with E-state index in [-0.39, 0.29) is 11.8 Å². The van der Waals surface area contributed by atoms with Crippen molar-refractivity contribution in [1.29, 1.82) is 0 Å². The number of carbonyl (C=O) groups excluding carboxylic acids is 1. The smallest absolute Gasteiger partial charge is 0.182 e. The number of Topliss-reactive ketones (excluding diaryl/α,β-unsaturated/α-hetero) is 1. The minimum Gasteiger partial charge on any atom is -0.381 e. The molecule has 1 atom stereocenters. The topological polar surface area (TPSA) is 44.1 Å². The number of ketones is 1. The number of hydrogen-bond donors (Lipinski definition) is 0. The van der Waals surface area contributed by atoms with Crippen LogP contribution in [-0.2, 0) is 4.74 Å². The maximum atomic E-state index is 12.3. The lowest BCUT2D eigenvalue weighted by atomic mass is 10.0. The maximum absolute atomic E-state index is 12.3. The molecule has 1 unspecified atom stereocenters. The van der Waals surface area contributed by atoms with E-state index >= 15 is 0 Å². The molecule has 1 saturated heterocycles. The molecule has 0 amide bonds. The van der Waals surface area contributed by atoms with E-state index in [2.05, 4.69) is 21.0 Å². The highest BCUT2D eigenvalue weighted by Crippen LogP contribution is 2.25. The molecule has 5 heteroatoms. The van der Waals surface area contributed by atoms with Crippen LogP contribution in [0.1, 0.15) is 43.2 Å². The molecule has 1 aliphatic heterocycles. The molecular weight excluding hydrogens is 284 g/mol. The molecule has 2 heterocycles. The first-order valence-electron chi connectivity index (χ1n) is 5.93. The Labute approximate surface area is 109 Å². The van der Waals surface area contributed by atoms with Gasteiger partial charge in [-0.15, -0.1) is 0 Å². The molecule has 1 aromatic heterocycles. The second-order valence-electron chi connectivity index (χ2n) is 4.74. The summed E-state index contributed by atoms with van der Waals surface area (Å²) in [7, 11) is 0. The largest absolute Gasteiger partial charge is 0.381 e. The summed E-state index contributed by atoms with van der Waals surface area (Å²) < 4.78 is 7.86. The molecule has 4 nitrogen and oxygen atoms in total. The minimum absolute atomic E-state index is 0.151. The first-order chi connectivity index (χ1) is 8.09. The van der Waals surface area contributed by atoms with E-state index < -0.39 is 0 Å². The van der Waals surface area contributed by atoms with Gasteiger partial charge >= 0.3 is 0 Å². The Morgan fingerprint density at radius 2 is 2.47 bits per heavy atom. The van der Waals surface area contributed by atoms with Crippen LogP contribution in [-0.4, -0.2) is 28.8 Å². The number of rotatable bonds is 4. The summed E-state index contributed by atoms with van der Waals surface area (Å²) in [5, 5.41) is 4.23. The van der Waals surface area contributed by atoms with Gasteiger partial charge in [-0.1, -0.05) is 0 Å². The molecule has 0 radical (unpaired) electrons. The summed E-state index contributed by atoms with van der Waals surface area (Å²) in [6.45, 7) is 5.53. The van der Waals surface area contributed by atoms with Crippen molar-refractivity contribution in [1.82, 2.24) is 9.78 Å². The predicted molar refractivity (Wildman–Crippen MR) is 68.2 cm³/mol. The van der Waals surface area contributed by atoms with Crippen molar-refractivity contribution in [3.05, 3.63) is 16.4 Å². The van der Waals surface area contributed by atoms with E-state index in [1.165, 1.54) is 0 Å². The van der Waals surface area contributed by atoms with Crippen LogP contribution in [0.25, 0.3) is 0 Å². The highest BCUT2D eigenvalue weighted by atomic mass is 79.9. The van der Waals surface area contributed by atoms with Crippen LogP contribution in [0.4, 0.5) is 0 Å². The maximum Gasteiger partial charge on any atom is 0.182 e. The lowest BCUT2D eigenvalue weighted by Gasteiger charge is -2.12. The molecule has 94 valence electrons. The van der Waals surface area contributed by atoms with E-state index in [1.807, 2.05) is 13.8 Å². The Bertz CT molecular complexity index is 409. The lowest BCUT2D eigenvalue weighted by Crippen LogP contribution is -2.16. The summed E-state index contributed by atoms with van der Waals surface area (Å²) in [4.78, 5) is 12.3. The number of carbonyl (C=O) groups is 1. The van der Waals surface area contributed by atoms with Gasteiger partial charge in [0.25, 0.3) is 0 Å². The molecular formula is C12H17BrN2O2. The summed E-state index contributed by atoms with van der Waals surface area (Å²) in [5.41, 5.74) is 0.687. The molecule has 17 heavy (non-hydrogen) atoms.